The third-order valence-electron chi connectivity index (χ3n) is 3.08. The number of rotatable bonds is 4. The van der Waals surface area contributed by atoms with E-state index in [-0.39, 0.29) is 18.5 Å². The molecule has 1 aromatic carbocycles. The number of benzene rings is 1. The fraction of sp³-hybridized carbons (Fsp3) is 0.429. The van der Waals surface area contributed by atoms with Crippen LogP contribution in [0.2, 0.25) is 0 Å². The average molecular weight is 262 g/mol. The van der Waals surface area contributed by atoms with Crippen LogP contribution < -0.4 is 10.6 Å². The SMILES string of the molecule is CCOC(=O)CNC(=O)C1NCCc2ccccc21. The summed E-state index contributed by atoms with van der Waals surface area (Å²) in [7, 11) is 0. The molecule has 0 fully saturated rings. The summed E-state index contributed by atoms with van der Waals surface area (Å²) in [4.78, 5) is 23.3. The molecule has 0 saturated carbocycles. The number of carbonyl (C=O) groups excluding carboxylic acids is 2. The summed E-state index contributed by atoms with van der Waals surface area (Å²) >= 11 is 0. The topological polar surface area (TPSA) is 67.4 Å². The first-order valence-corrected chi connectivity index (χ1v) is 6.47. The zero-order valence-electron chi connectivity index (χ0n) is 10.9. The largest absolute Gasteiger partial charge is 0.465 e. The monoisotopic (exact) mass is 262 g/mol. The van der Waals surface area contributed by atoms with Crippen molar-refractivity contribution in [2.75, 3.05) is 19.7 Å². The summed E-state index contributed by atoms with van der Waals surface area (Å²) in [6.45, 7) is 2.72. The molecular weight excluding hydrogens is 244 g/mol. The van der Waals surface area contributed by atoms with Gasteiger partial charge in [-0.25, -0.2) is 0 Å². The number of hydrogen-bond donors (Lipinski definition) is 2. The Morgan fingerprint density at radius 2 is 2.21 bits per heavy atom. The van der Waals surface area contributed by atoms with Gasteiger partial charge >= 0.3 is 5.97 Å². The van der Waals surface area contributed by atoms with Crippen LogP contribution in [0.1, 0.15) is 24.1 Å². The molecule has 19 heavy (non-hydrogen) atoms. The van der Waals surface area contributed by atoms with Crippen LogP contribution in [-0.2, 0) is 20.7 Å². The van der Waals surface area contributed by atoms with Crippen LogP contribution in [0.25, 0.3) is 0 Å². The zero-order chi connectivity index (χ0) is 13.7. The standard InChI is InChI=1S/C14H18N2O3/c1-2-19-12(17)9-16-14(18)13-11-6-4-3-5-10(11)7-8-15-13/h3-6,13,15H,2,7-9H2,1H3,(H,16,18). The first-order valence-electron chi connectivity index (χ1n) is 6.47. The average Bonchev–Trinajstić information content (AvgIpc) is 2.44. The van der Waals surface area contributed by atoms with E-state index in [9.17, 15) is 9.59 Å². The number of fused-ring (bicyclic) bond motifs is 1. The zero-order valence-corrected chi connectivity index (χ0v) is 10.9. The minimum atomic E-state index is -0.417. The third-order valence-corrected chi connectivity index (χ3v) is 3.08. The Hall–Kier alpha value is -1.88. The van der Waals surface area contributed by atoms with E-state index in [0.717, 1.165) is 18.5 Å². The van der Waals surface area contributed by atoms with Crippen molar-refractivity contribution < 1.29 is 14.3 Å². The molecule has 1 unspecified atom stereocenters. The van der Waals surface area contributed by atoms with Crippen LogP contribution >= 0.6 is 0 Å². The van der Waals surface area contributed by atoms with Gasteiger partial charge in [-0.3, -0.25) is 9.59 Å². The van der Waals surface area contributed by atoms with Gasteiger partial charge in [0.05, 0.1) is 6.61 Å². The molecule has 0 saturated heterocycles. The van der Waals surface area contributed by atoms with E-state index >= 15 is 0 Å². The second-order valence-corrected chi connectivity index (χ2v) is 4.36. The van der Waals surface area contributed by atoms with Gasteiger partial charge in [-0.05, 0) is 24.5 Å². The second kappa shape index (κ2) is 6.33. The first-order chi connectivity index (χ1) is 9.22. The van der Waals surface area contributed by atoms with E-state index in [1.807, 2.05) is 24.3 Å². The molecule has 1 amide bonds. The molecule has 0 radical (unpaired) electrons. The van der Waals surface area contributed by atoms with Crippen molar-refractivity contribution in [3.05, 3.63) is 35.4 Å². The van der Waals surface area contributed by atoms with Crippen molar-refractivity contribution in [1.82, 2.24) is 10.6 Å². The minimum Gasteiger partial charge on any atom is -0.465 e. The van der Waals surface area contributed by atoms with E-state index in [1.165, 1.54) is 5.56 Å². The van der Waals surface area contributed by atoms with Crippen molar-refractivity contribution in [2.24, 2.45) is 0 Å². The summed E-state index contributed by atoms with van der Waals surface area (Å²) in [5.74, 6) is -0.611. The van der Waals surface area contributed by atoms with Gasteiger partial charge in [-0.15, -0.1) is 0 Å². The molecule has 1 aliphatic rings. The van der Waals surface area contributed by atoms with E-state index in [4.69, 9.17) is 4.74 Å². The number of esters is 1. The molecule has 1 heterocycles. The molecule has 5 heteroatoms. The maximum atomic E-state index is 12.1. The van der Waals surface area contributed by atoms with Crippen LogP contribution in [0.15, 0.2) is 24.3 Å². The van der Waals surface area contributed by atoms with Crippen LogP contribution in [0.4, 0.5) is 0 Å². The van der Waals surface area contributed by atoms with E-state index in [0.29, 0.717) is 6.61 Å². The maximum absolute atomic E-state index is 12.1. The highest BCUT2D eigenvalue weighted by molar-refractivity contribution is 5.87. The summed E-state index contributed by atoms with van der Waals surface area (Å²) in [5, 5.41) is 5.77. The van der Waals surface area contributed by atoms with Crippen molar-refractivity contribution >= 4 is 11.9 Å². The summed E-state index contributed by atoms with van der Waals surface area (Å²) in [6.07, 6.45) is 0.915. The Morgan fingerprint density at radius 1 is 1.42 bits per heavy atom. The van der Waals surface area contributed by atoms with Gasteiger partial charge in [0, 0.05) is 6.54 Å². The highest BCUT2D eigenvalue weighted by atomic mass is 16.5. The molecule has 1 atom stereocenters. The Kier molecular flexibility index (Phi) is 4.52. The second-order valence-electron chi connectivity index (χ2n) is 4.36. The van der Waals surface area contributed by atoms with E-state index in [2.05, 4.69) is 10.6 Å². The highest BCUT2D eigenvalue weighted by Gasteiger charge is 2.25. The number of hydrogen-bond acceptors (Lipinski definition) is 4. The lowest BCUT2D eigenvalue weighted by Gasteiger charge is -2.25. The maximum Gasteiger partial charge on any atom is 0.325 e. The molecule has 1 aliphatic heterocycles. The van der Waals surface area contributed by atoms with E-state index < -0.39 is 5.97 Å². The molecule has 0 aromatic heterocycles. The van der Waals surface area contributed by atoms with Crippen molar-refractivity contribution in [3.8, 4) is 0 Å². The lowest BCUT2D eigenvalue weighted by atomic mass is 9.94. The molecule has 5 nitrogen and oxygen atoms in total. The van der Waals surface area contributed by atoms with Gasteiger partial charge in [0.25, 0.3) is 0 Å². The fourth-order valence-corrected chi connectivity index (χ4v) is 2.21. The predicted octanol–water partition coefficient (Wildman–Crippen LogP) is 0.553. The molecule has 102 valence electrons. The Labute approximate surface area is 112 Å². The lowest BCUT2D eigenvalue weighted by molar-refractivity contribution is -0.143. The van der Waals surface area contributed by atoms with Gasteiger partial charge in [0.2, 0.25) is 5.91 Å². The molecule has 0 aliphatic carbocycles. The van der Waals surface area contributed by atoms with Crippen LogP contribution in [-0.4, -0.2) is 31.6 Å². The van der Waals surface area contributed by atoms with Crippen LogP contribution in [0, 0.1) is 0 Å². The summed E-state index contributed by atoms with van der Waals surface area (Å²) < 4.78 is 4.78. The lowest BCUT2D eigenvalue weighted by Crippen LogP contribution is -2.43. The Balaban J connectivity index is 1.99. The molecule has 2 rings (SSSR count). The molecule has 2 N–H and O–H groups in total. The fourth-order valence-electron chi connectivity index (χ4n) is 2.21. The quantitative estimate of drug-likeness (QED) is 0.778. The normalized spacial score (nSPS) is 17.4. The predicted molar refractivity (Wildman–Crippen MR) is 70.5 cm³/mol. The first kappa shape index (κ1) is 13.5. The highest BCUT2D eigenvalue weighted by Crippen LogP contribution is 2.22. The van der Waals surface area contributed by atoms with Crippen LogP contribution in [0.3, 0.4) is 0 Å². The number of amides is 1. The molecule has 0 bridgehead atoms. The number of carbonyl (C=O) groups is 2. The van der Waals surface area contributed by atoms with Crippen molar-refractivity contribution in [3.63, 3.8) is 0 Å². The van der Waals surface area contributed by atoms with Crippen molar-refractivity contribution in [1.29, 1.82) is 0 Å². The van der Waals surface area contributed by atoms with Gasteiger partial charge in [0.15, 0.2) is 0 Å². The molecule has 0 spiro atoms. The van der Waals surface area contributed by atoms with Crippen molar-refractivity contribution in [2.45, 2.75) is 19.4 Å². The minimum absolute atomic E-state index is 0.0903. The van der Waals surface area contributed by atoms with Gasteiger partial charge < -0.3 is 15.4 Å². The van der Waals surface area contributed by atoms with E-state index in [1.54, 1.807) is 6.92 Å². The third kappa shape index (κ3) is 3.32. The van der Waals surface area contributed by atoms with Crippen LogP contribution in [0.5, 0.6) is 0 Å². The van der Waals surface area contributed by atoms with Gasteiger partial charge in [-0.2, -0.15) is 0 Å². The van der Waals surface area contributed by atoms with Gasteiger partial charge in [0.1, 0.15) is 12.6 Å². The van der Waals surface area contributed by atoms with Gasteiger partial charge in [-0.1, -0.05) is 24.3 Å². The summed E-state index contributed by atoms with van der Waals surface area (Å²) in [5.41, 5.74) is 2.16. The molecular formula is C14H18N2O3. The molecule has 1 aromatic rings. The number of nitrogens with one attached hydrogen (secondary N) is 2. The smallest absolute Gasteiger partial charge is 0.325 e. The Morgan fingerprint density at radius 3 is 3.00 bits per heavy atom. The summed E-state index contributed by atoms with van der Waals surface area (Å²) in [6, 6.07) is 7.46. The Bertz CT molecular complexity index is 474. The number of ether oxygens (including phenoxy) is 1.